The van der Waals surface area contributed by atoms with Gasteiger partial charge >= 0.3 is 6.03 Å². The van der Waals surface area contributed by atoms with E-state index in [1.54, 1.807) is 0 Å². The first-order valence-electron chi connectivity index (χ1n) is 12.5. The van der Waals surface area contributed by atoms with Gasteiger partial charge in [-0.05, 0) is 50.5 Å². The lowest BCUT2D eigenvalue weighted by Crippen LogP contribution is -2.46. The zero-order chi connectivity index (χ0) is 22.3. The molecule has 1 aliphatic heterocycles. The summed E-state index contributed by atoms with van der Waals surface area (Å²) in [5, 5.41) is 3.06. The second-order valence-electron chi connectivity index (χ2n) is 9.00. The zero-order valence-corrected chi connectivity index (χ0v) is 20.7. The lowest BCUT2D eigenvalue weighted by atomic mass is 9.95. The number of nitrogens with two attached hydrogens (primary N) is 1. The van der Waals surface area contributed by atoms with E-state index in [4.69, 9.17) is 20.4 Å². The number of fused-ring (bicyclic) bond motifs is 3. The van der Waals surface area contributed by atoms with Gasteiger partial charge in [-0.25, -0.2) is 14.8 Å². The Morgan fingerprint density at radius 3 is 2.67 bits per heavy atom. The van der Waals surface area contributed by atoms with Crippen LogP contribution in [0.4, 0.5) is 10.6 Å². The molecule has 0 unspecified atom stereocenters. The number of hydrogen-bond acceptors (Lipinski definition) is 5. The summed E-state index contributed by atoms with van der Waals surface area (Å²) >= 11 is 0. The minimum atomic E-state index is 0. The first kappa shape index (κ1) is 25.6. The molecular weight excluding hydrogens is 440 g/mol. The molecule has 184 valence electrons. The average molecular weight is 479 g/mol. The maximum atomic E-state index is 12.3. The number of urea groups is 1. The molecule has 2 amide bonds. The van der Waals surface area contributed by atoms with Gasteiger partial charge in [0.25, 0.3) is 0 Å². The summed E-state index contributed by atoms with van der Waals surface area (Å²) in [5.74, 6) is 1.71. The van der Waals surface area contributed by atoms with Gasteiger partial charge in [-0.15, -0.1) is 12.4 Å². The van der Waals surface area contributed by atoms with E-state index in [2.05, 4.69) is 16.8 Å². The molecule has 9 heteroatoms. The van der Waals surface area contributed by atoms with Gasteiger partial charge in [-0.3, -0.25) is 0 Å². The molecule has 0 spiro atoms. The number of carbonyl (C=O) groups is 1. The Morgan fingerprint density at radius 2 is 1.88 bits per heavy atom. The van der Waals surface area contributed by atoms with E-state index in [0.29, 0.717) is 38.7 Å². The molecule has 33 heavy (non-hydrogen) atoms. The first-order chi connectivity index (χ1) is 15.7. The summed E-state index contributed by atoms with van der Waals surface area (Å²) in [6, 6.07) is 0.0227. The van der Waals surface area contributed by atoms with Crippen molar-refractivity contribution in [1.29, 1.82) is 0 Å². The van der Waals surface area contributed by atoms with Crippen LogP contribution in [0.2, 0.25) is 0 Å². The lowest BCUT2D eigenvalue weighted by Gasteiger charge is -2.26. The van der Waals surface area contributed by atoms with Crippen molar-refractivity contribution in [2.24, 2.45) is 0 Å². The number of halogens is 1. The number of ether oxygens (including phenoxy) is 1. The van der Waals surface area contributed by atoms with Crippen molar-refractivity contribution in [3.8, 4) is 0 Å². The van der Waals surface area contributed by atoms with Crippen LogP contribution in [0.3, 0.4) is 0 Å². The van der Waals surface area contributed by atoms with Crippen LogP contribution in [-0.4, -0.2) is 58.3 Å². The second kappa shape index (κ2) is 12.4. The second-order valence-corrected chi connectivity index (χ2v) is 9.00. The Bertz CT molecular complexity index is 926. The Hall–Kier alpha value is -2.06. The molecule has 0 atom stereocenters. The number of nitrogens with zero attached hydrogens (tertiary/aromatic N) is 4. The van der Waals surface area contributed by atoms with Crippen LogP contribution in [0.25, 0.3) is 11.0 Å². The smallest absolute Gasteiger partial charge is 0.317 e. The maximum Gasteiger partial charge on any atom is 0.317 e. The van der Waals surface area contributed by atoms with Gasteiger partial charge < -0.3 is 25.3 Å². The van der Waals surface area contributed by atoms with Crippen molar-refractivity contribution in [2.45, 2.75) is 77.7 Å². The Balaban J connectivity index is 0.00000306. The van der Waals surface area contributed by atoms with E-state index in [9.17, 15) is 4.79 Å². The minimum absolute atomic E-state index is 0. The summed E-state index contributed by atoms with van der Waals surface area (Å²) in [6.07, 6.45) is 10.9. The highest BCUT2D eigenvalue weighted by atomic mass is 35.5. The van der Waals surface area contributed by atoms with Crippen molar-refractivity contribution in [2.75, 3.05) is 38.6 Å². The number of imidazole rings is 1. The molecule has 0 aromatic carbocycles. The summed E-state index contributed by atoms with van der Waals surface area (Å²) in [5.41, 5.74) is 11.0. The van der Waals surface area contributed by atoms with E-state index in [-0.39, 0.29) is 18.4 Å². The van der Waals surface area contributed by atoms with Crippen LogP contribution >= 0.6 is 12.4 Å². The van der Waals surface area contributed by atoms with Gasteiger partial charge in [0, 0.05) is 38.3 Å². The van der Waals surface area contributed by atoms with Crippen LogP contribution in [0.5, 0.6) is 0 Å². The molecule has 8 nitrogen and oxygen atoms in total. The van der Waals surface area contributed by atoms with Gasteiger partial charge in [0.1, 0.15) is 11.3 Å². The first-order valence-corrected chi connectivity index (χ1v) is 12.5. The summed E-state index contributed by atoms with van der Waals surface area (Å²) in [7, 11) is 0. The van der Waals surface area contributed by atoms with Crippen LogP contribution < -0.4 is 11.1 Å². The molecule has 1 fully saturated rings. The van der Waals surface area contributed by atoms with Crippen LogP contribution in [0.15, 0.2) is 0 Å². The lowest BCUT2D eigenvalue weighted by molar-refractivity contribution is 0.0532. The highest BCUT2D eigenvalue weighted by Gasteiger charge is 2.22. The molecule has 3 N–H and O–H groups in total. The highest BCUT2D eigenvalue weighted by molar-refractivity contribution is 5.89. The summed E-state index contributed by atoms with van der Waals surface area (Å²) < 4.78 is 7.73. The number of rotatable bonds is 9. The van der Waals surface area contributed by atoms with E-state index in [1.807, 2.05) is 4.90 Å². The van der Waals surface area contributed by atoms with Crippen molar-refractivity contribution in [3.63, 3.8) is 0 Å². The summed E-state index contributed by atoms with van der Waals surface area (Å²) in [6.45, 7) is 6.43. The van der Waals surface area contributed by atoms with E-state index in [1.165, 1.54) is 42.5 Å². The minimum Gasteiger partial charge on any atom is -0.382 e. The third kappa shape index (κ3) is 6.09. The predicted molar refractivity (Wildman–Crippen MR) is 134 cm³/mol. The van der Waals surface area contributed by atoms with E-state index in [0.717, 1.165) is 56.4 Å². The average Bonchev–Trinajstić information content (AvgIpc) is 3.19. The molecule has 2 aromatic rings. The van der Waals surface area contributed by atoms with Crippen LogP contribution in [0.1, 0.15) is 69.0 Å². The SMILES string of the molecule is CCCCCc1nc2c(N)nc3c(c2n1CCCCNC(=O)N1CCOCC1)CCCC3.Cl. The van der Waals surface area contributed by atoms with Gasteiger partial charge in [-0.2, -0.15) is 0 Å². The fourth-order valence-corrected chi connectivity index (χ4v) is 4.88. The Morgan fingerprint density at radius 1 is 1.09 bits per heavy atom. The number of anilines is 1. The number of amides is 2. The number of hydrogen-bond donors (Lipinski definition) is 2. The monoisotopic (exact) mass is 478 g/mol. The fourth-order valence-electron chi connectivity index (χ4n) is 4.88. The number of morpholine rings is 1. The molecule has 0 saturated carbocycles. The maximum absolute atomic E-state index is 12.3. The van der Waals surface area contributed by atoms with Crippen LogP contribution in [0, 0.1) is 0 Å². The summed E-state index contributed by atoms with van der Waals surface area (Å²) in [4.78, 5) is 23.8. The van der Waals surface area contributed by atoms with Crippen molar-refractivity contribution < 1.29 is 9.53 Å². The Labute approximate surface area is 203 Å². The molecule has 1 saturated heterocycles. The fraction of sp³-hybridized carbons (Fsp3) is 0.708. The molecule has 2 aliphatic rings. The molecular formula is C24H39ClN6O2. The third-order valence-electron chi connectivity index (χ3n) is 6.66. The zero-order valence-electron chi connectivity index (χ0n) is 19.9. The molecule has 3 heterocycles. The quantitative estimate of drug-likeness (QED) is 0.533. The standard InChI is InChI=1S/C24H38N6O2.ClH/c1-2-3-4-11-20-28-21-22(18-9-5-6-10-19(18)27-23(21)25)30(20)13-8-7-12-26-24(31)29-14-16-32-17-15-29;/h2-17H2,1H3,(H2,25,27)(H,26,31);1H. The molecule has 0 bridgehead atoms. The largest absolute Gasteiger partial charge is 0.382 e. The normalized spacial score (nSPS) is 15.8. The Kier molecular flexibility index (Phi) is 9.62. The van der Waals surface area contributed by atoms with Crippen molar-refractivity contribution in [3.05, 3.63) is 17.1 Å². The number of pyridine rings is 1. The number of unbranched alkanes of at least 4 members (excludes halogenated alkanes) is 3. The van der Waals surface area contributed by atoms with E-state index >= 15 is 0 Å². The molecule has 1 aliphatic carbocycles. The van der Waals surface area contributed by atoms with Gasteiger partial charge in [-0.1, -0.05) is 19.8 Å². The van der Waals surface area contributed by atoms with Crippen LogP contribution in [-0.2, 0) is 30.5 Å². The molecule has 0 radical (unpaired) electrons. The van der Waals surface area contributed by atoms with Gasteiger partial charge in [0.2, 0.25) is 0 Å². The van der Waals surface area contributed by atoms with Gasteiger partial charge in [0.05, 0.1) is 18.7 Å². The van der Waals surface area contributed by atoms with Crippen molar-refractivity contribution in [1.82, 2.24) is 24.8 Å². The number of aryl methyl sites for hydroxylation is 4. The number of aromatic nitrogens is 3. The molecule has 2 aromatic heterocycles. The third-order valence-corrected chi connectivity index (χ3v) is 6.66. The predicted octanol–water partition coefficient (Wildman–Crippen LogP) is 3.87. The van der Waals surface area contributed by atoms with Gasteiger partial charge in [0.15, 0.2) is 5.82 Å². The highest BCUT2D eigenvalue weighted by Crippen LogP contribution is 2.32. The topological polar surface area (TPSA) is 98.3 Å². The number of carbonyl (C=O) groups excluding carboxylic acids is 1. The molecule has 4 rings (SSSR count). The van der Waals surface area contributed by atoms with E-state index < -0.39 is 0 Å². The number of nitrogen functional groups attached to an aromatic ring is 1. The van der Waals surface area contributed by atoms with Crippen molar-refractivity contribution >= 4 is 35.3 Å². The number of nitrogens with one attached hydrogen (secondary N) is 1.